The normalized spacial score (nSPS) is 20.9. The van der Waals surface area contributed by atoms with E-state index in [2.05, 4.69) is 16.1 Å². The molecule has 0 saturated carbocycles. The molecule has 0 aliphatic carbocycles. The van der Waals surface area contributed by atoms with E-state index in [1.807, 2.05) is 41.3 Å². The smallest absolute Gasteiger partial charge is 0.226 e. The van der Waals surface area contributed by atoms with Crippen molar-refractivity contribution in [3.8, 4) is 5.75 Å². The summed E-state index contributed by atoms with van der Waals surface area (Å²) < 4.78 is 7.82. The molecular formula is C21H27N3O2. The van der Waals surface area contributed by atoms with Crippen LogP contribution in [-0.2, 0) is 17.8 Å². The number of carbonyl (C=O) groups excluding carboxylic acids is 1. The van der Waals surface area contributed by atoms with Crippen molar-refractivity contribution in [2.45, 2.75) is 38.6 Å². The highest BCUT2D eigenvalue weighted by Gasteiger charge is 2.30. The first-order valence-corrected chi connectivity index (χ1v) is 9.76. The van der Waals surface area contributed by atoms with Crippen LogP contribution >= 0.6 is 0 Å². The largest absolute Gasteiger partial charge is 0.493 e. The number of rotatable bonds is 4. The Bertz CT molecular complexity index is 721. The summed E-state index contributed by atoms with van der Waals surface area (Å²) in [6, 6.07) is 10.1. The van der Waals surface area contributed by atoms with Crippen LogP contribution in [0.25, 0.3) is 0 Å². The van der Waals surface area contributed by atoms with Gasteiger partial charge in [-0.2, -0.15) is 5.10 Å². The minimum absolute atomic E-state index is 0.0549. The fourth-order valence-corrected chi connectivity index (χ4v) is 4.15. The Morgan fingerprint density at radius 1 is 1.15 bits per heavy atom. The average Bonchev–Trinajstić information content (AvgIpc) is 3.11. The Morgan fingerprint density at radius 2 is 2.00 bits per heavy atom. The first kappa shape index (κ1) is 17.1. The number of para-hydroxylation sites is 1. The molecule has 1 atom stereocenters. The summed E-state index contributed by atoms with van der Waals surface area (Å²) in [4.78, 5) is 15.1. The number of ether oxygens (including phenoxy) is 1. The van der Waals surface area contributed by atoms with Crippen molar-refractivity contribution in [1.82, 2.24) is 14.7 Å². The van der Waals surface area contributed by atoms with Crippen LogP contribution in [0.5, 0.6) is 5.75 Å². The van der Waals surface area contributed by atoms with E-state index in [-0.39, 0.29) is 5.92 Å². The zero-order valence-electron chi connectivity index (χ0n) is 15.2. The highest BCUT2D eigenvalue weighted by Crippen LogP contribution is 2.29. The maximum absolute atomic E-state index is 13.0. The number of nitrogens with zero attached hydrogens (tertiary/aromatic N) is 3. The van der Waals surface area contributed by atoms with Crippen molar-refractivity contribution < 1.29 is 9.53 Å². The molecule has 0 bridgehead atoms. The molecule has 26 heavy (non-hydrogen) atoms. The summed E-state index contributed by atoms with van der Waals surface area (Å²) in [5, 5.41) is 4.27. The second-order valence-electron chi connectivity index (χ2n) is 7.47. The topological polar surface area (TPSA) is 47.4 Å². The number of likely N-dealkylation sites (tertiary alicyclic amines) is 1. The van der Waals surface area contributed by atoms with Gasteiger partial charge < -0.3 is 9.64 Å². The van der Waals surface area contributed by atoms with Crippen LogP contribution in [0.1, 0.15) is 31.2 Å². The SMILES string of the molecule is O=C([C@H]1CCOc2ccccc2C1)N1CCC(CCn2cccn2)CC1. The lowest BCUT2D eigenvalue weighted by atomic mass is 9.91. The lowest BCUT2D eigenvalue weighted by molar-refractivity contribution is -0.137. The number of hydrogen-bond acceptors (Lipinski definition) is 3. The van der Waals surface area contributed by atoms with Crippen LogP contribution in [0.3, 0.4) is 0 Å². The number of carbonyl (C=O) groups is 1. The second kappa shape index (κ2) is 7.94. The zero-order valence-corrected chi connectivity index (χ0v) is 15.2. The summed E-state index contributed by atoms with van der Waals surface area (Å²) in [5.41, 5.74) is 1.16. The Labute approximate surface area is 154 Å². The Kier molecular flexibility index (Phi) is 5.23. The van der Waals surface area contributed by atoms with Crippen molar-refractivity contribution in [2.24, 2.45) is 11.8 Å². The Balaban J connectivity index is 1.29. The molecule has 5 heteroatoms. The molecule has 0 spiro atoms. The molecule has 5 nitrogen and oxygen atoms in total. The van der Waals surface area contributed by atoms with Gasteiger partial charge in [-0.25, -0.2) is 0 Å². The number of amides is 1. The molecule has 1 amide bonds. The monoisotopic (exact) mass is 353 g/mol. The van der Waals surface area contributed by atoms with Gasteiger partial charge in [-0.15, -0.1) is 0 Å². The van der Waals surface area contributed by atoms with Crippen LogP contribution in [0, 0.1) is 11.8 Å². The molecule has 2 aromatic rings. The molecule has 2 aliphatic heterocycles. The highest BCUT2D eigenvalue weighted by molar-refractivity contribution is 5.79. The van der Waals surface area contributed by atoms with E-state index in [0.717, 1.165) is 63.1 Å². The van der Waals surface area contributed by atoms with Crippen LogP contribution in [0.4, 0.5) is 0 Å². The maximum atomic E-state index is 13.0. The van der Waals surface area contributed by atoms with Crippen molar-refractivity contribution in [3.05, 3.63) is 48.3 Å². The van der Waals surface area contributed by atoms with Gasteiger partial charge in [-0.05, 0) is 55.7 Å². The summed E-state index contributed by atoms with van der Waals surface area (Å²) >= 11 is 0. The number of aryl methyl sites for hydroxylation is 1. The highest BCUT2D eigenvalue weighted by atomic mass is 16.5. The van der Waals surface area contributed by atoms with Gasteiger partial charge in [0.05, 0.1) is 6.61 Å². The van der Waals surface area contributed by atoms with E-state index in [0.29, 0.717) is 18.4 Å². The van der Waals surface area contributed by atoms with Gasteiger partial charge in [0.1, 0.15) is 5.75 Å². The quantitative estimate of drug-likeness (QED) is 0.848. The molecule has 138 valence electrons. The molecule has 4 rings (SSSR count). The van der Waals surface area contributed by atoms with E-state index in [1.165, 1.54) is 0 Å². The molecule has 1 fully saturated rings. The van der Waals surface area contributed by atoms with Crippen LogP contribution in [0.2, 0.25) is 0 Å². The van der Waals surface area contributed by atoms with Gasteiger partial charge in [0.2, 0.25) is 5.91 Å². The first-order chi connectivity index (χ1) is 12.8. The minimum Gasteiger partial charge on any atom is -0.493 e. The van der Waals surface area contributed by atoms with Crippen LogP contribution < -0.4 is 4.74 Å². The molecule has 1 aromatic heterocycles. The number of hydrogen-bond donors (Lipinski definition) is 0. The number of piperidine rings is 1. The molecule has 1 aromatic carbocycles. The van der Waals surface area contributed by atoms with Gasteiger partial charge in [0.15, 0.2) is 0 Å². The first-order valence-electron chi connectivity index (χ1n) is 9.76. The molecular weight excluding hydrogens is 326 g/mol. The maximum Gasteiger partial charge on any atom is 0.226 e. The van der Waals surface area contributed by atoms with E-state index in [9.17, 15) is 4.79 Å². The summed E-state index contributed by atoms with van der Waals surface area (Å²) in [5.74, 6) is 2.01. The van der Waals surface area contributed by atoms with E-state index in [4.69, 9.17) is 4.74 Å². The summed E-state index contributed by atoms with van der Waals surface area (Å²) in [6.45, 7) is 3.39. The van der Waals surface area contributed by atoms with Crippen molar-refractivity contribution >= 4 is 5.91 Å². The summed E-state index contributed by atoms with van der Waals surface area (Å²) in [7, 11) is 0. The number of fused-ring (bicyclic) bond motifs is 1. The fourth-order valence-electron chi connectivity index (χ4n) is 4.15. The standard InChI is InChI=1S/C21H27N3O2/c25-21(19-9-15-26-20-5-2-1-4-18(20)16-19)23-12-6-17(7-13-23)8-14-24-11-3-10-22-24/h1-5,10-11,17,19H,6-9,12-16H2/t19-/m0/s1. The van der Waals surface area contributed by atoms with E-state index >= 15 is 0 Å². The number of aromatic nitrogens is 2. The lowest BCUT2D eigenvalue weighted by Crippen LogP contribution is -2.42. The van der Waals surface area contributed by atoms with Crippen molar-refractivity contribution in [2.75, 3.05) is 19.7 Å². The number of benzene rings is 1. The van der Waals surface area contributed by atoms with Crippen molar-refractivity contribution in [1.29, 1.82) is 0 Å². The Morgan fingerprint density at radius 3 is 2.81 bits per heavy atom. The lowest BCUT2D eigenvalue weighted by Gasteiger charge is -2.34. The average molecular weight is 353 g/mol. The molecule has 2 aliphatic rings. The Hall–Kier alpha value is -2.30. The second-order valence-corrected chi connectivity index (χ2v) is 7.47. The van der Waals surface area contributed by atoms with Gasteiger partial charge in [0, 0.05) is 37.9 Å². The van der Waals surface area contributed by atoms with Gasteiger partial charge >= 0.3 is 0 Å². The third-order valence-corrected chi connectivity index (χ3v) is 5.76. The predicted octanol–water partition coefficient (Wildman–Crippen LogP) is 3.15. The fraction of sp³-hybridized carbons (Fsp3) is 0.524. The van der Waals surface area contributed by atoms with Crippen molar-refractivity contribution in [3.63, 3.8) is 0 Å². The molecule has 1 saturated heterocycles. The molecule has 0 radical (unpaired) electrons. The van der Waals surface area contributed by atoms with E-state index < -0.39 is 0 Å². The minimum atomic E-state index is 0.0549. The van der Waals surface area contributed by atoms with Gasteiger partial charge in [0.25, 0.3) is 0 Å². The third-order valence-electron chi connectivity index (χ3n) is 5.76. The molecule has 0 unspecified atom stereocenters. The molecule has 3 heterocycles. The molecule has 0 N–H and O–H groups in total. The van der Waals surface area contributed by atoms with E-state index in [1.54, 1.807) is 0 Å². The predicted molar refractivity (Wildman–Crippen MR) is 99.9 cm³/mol. The third kappa shape index (κ3) is 3.92. The van der Waals surface area contributed by atoms with Crippen LogP contribution in [0.15, 0.2) is 42.7 Å². The van der Waals surface area contributed by atoms with Gasteiger partial charge in [-0.3, -0.25) is 9.48 Å². The summed E-state index contributed by atoms with van der Waals surface area (Å²) in [6.07, 6.45) is 8.81. The van der Waals surface area contributed by atoms with Gasteiger partial charge in [-0.1, -0.05) is 18.2 Å². The van der Waals surface area contributed by atoms with Crippen LogP contribution in [-0.4, -0.2) is 40.3 Å². The zero-order chi connectivity index (χ0) is 17.8.